The van der Waals surface area contributed by atoms with Crippen LogP contribution in [-0.4, -0.2) is 18.4 Å². The normalized spacial score (nSPS) is 16.4. The van der Waals surface area contributed by atoms with E-state index >= 15 is 0 Å². The van der Waals surface area contributed by atoms with Gasteiger partial charge in [-0.1, -0.05) is 67.9 Å². The van der Waals surface area contributed by atoms with E-state index in [4.69, 9.17) is 16.3 Å². The molecule has 0 spiro atoms. The Morgan fingerprint density at radius 2 is 1.55 bits per heavy atom. The van der Waals surface area contributed by atoms with Crippen LogP contribution in [-0.2, 0) is 15.0 Å². The molecule has 1 atom stereocenters. The van der Waals surface area contributed by atoms with E-state index in [0.29, 0.717) is 17.3 Å². The molecule has 0 aliphatic carbocycles. The smallest absolute Gasteiger partial charge is 0.316 e. The molecule has 4 nitrogen and oxygen atoms in total. The summed E-state index contributed by atoms with van der Waals surface area (Å²) >= 11 is 5.92. The van der Waals surface area contributed by atoms with Crippen LogP contribution in [0.2, 0.25) is 5.02 Å². The first-order valence-corrected chi connectivity index (χ1v) is 10.7. The summed E-state index contributed by atoms with van der Waals surface area (Å²) in [5.74, 6) is -0.497. The van der Waals surface area contributed by atoms with Crippen molar-refractivity contribution in [3.63, 3.8) is 0 Å². The third kappa shape index (κ3) is 4.49. The summed E-state index contributed by atoms with van der Waals surface area (Å²) in [7, 11) is 0. The lowest BCUT2D eigenvalue weighted by atomic mass is 9.78. The maximum Gasteiger partial charge on any atom is 0.316 e. The molecule has 1 aliphatic rings. The van der Waals surface area contributed by atoms with Gasteiger partial charge in [-0.3, -0.25) is 9.59 Å². The minimum absolute atomic E-state index is 0.0933. The Bertz CT molecular complexity index is 1080. The Hall–Kier alpha value is -3.11. The summed E-state index contributed by atoms with van der Waals surface area (Å²) in [6.45, 7) is 4.64. The van der Waals surface area contributed by atoms with Gasteiger partial charge in [-0.15, -0.1) is 0 Å². The number of esters is 1. The largest absolute Gasteiger partial charge is 0.426 e. The van der Waals surface area contributed by atoms with Crippen molar-refractivity contribution in [2.75, 3.05) is 11.4 Å². The van der Waals surface area contributed by atoms with E-state index in [1.54, 1.807) is 29.2 Å². The number of rotatable bonds is 5. The van der Waals surface area contributed by atoms with E-state index in [0.717, 1.165) is 11.3 Å². The van der Waals surface area contributed by atoms with Gasteiger partial charge in [0.15, 0.2) is 0 Å². The van der Waals surface area contributed by atoms with Gasteiger partial charge in [0.2, 0.25) is 5.91 Å². The second kappa shape index (κ2) is 8.56. The molecule has 0 saturated carbocycles. The van der Waals surface area contributed by atoms with Crippen molar-refractivity contribution in [2.24, 2.45) is 5.92 Å². The summed E-state index contributed by atoms with van der Waals surface area (Å²) in [4.78, 5) is 26.7. The lowest BCUT2D eigenvalue weighted by molar-refractivity contribution is -0.139. The summed E-state index contributed by atoms with van der Waals surface area (Å²) in [6, 6.07) is 24.9. The van der Waals surface area contributed by atoms with Crippen LogP contribution in [0.15, 0.2) is 78.9 Å². The molecule has 31 heavy (non-hydrogen) atoms. The van der Waals surface area contributed by atoms with E-state index < -0.39 is 5.92 Å². The Morgan fingerprint density at radius 3 is 2.19 bits per heavy atom. The highest BCUT2D eigenvalue weighted by molar-refractivity contribution is 6.30. The fourth-order valence-corrected chi connectivity index (χ4v) is 4.02. The van der Waals surface area contributed by atoms with Gasteiger partial charge in [0.25, 0.3) is 0 Å². The molecule has 0 aromatic heterocycles. The molecule has 0 N–H and O–H groups in total. The van der Waals surface area contributed by atoms with Crippen LogP contribution in [0, 0.1) is 5.92 Å². The first-order chi connectivity index (χ1) is 14.8. The second-order valence-corrected chi connectivity index (χ2v) is 8.75. The van der Waals surface area contributed by atoms with Crippen molar-refractivity contribution in [2.45, 2.75) is 25.7 Å². The molecule has 4 rings (SSSR count). The predicted octanol–water partition coefficient (Wildman–Crippen LogP) is 5.62. The zero-order chi connectivity index (χ0) is 22.0. The standard InChI is InChI=1S/C26H24ClNO3/c1-26(2,19-6-4-3-5-7-19)20-8-14-23(15-9-20)31-25(30)18-16-24(29)28(17-18)22-12-10-21(27)11-13-22/h3-15,18H,16-17H2,1-2H3/t18-/m1/s1. The number of benzene rings is 3. The summed E-state index contributed by atoms with van der Waals surface area (Å²) < 4.78 is 5.58. The molecular weight excluding hydrogens is 410 g/mol. The van der Waals surface area contributed by atoms with Crippen LogP contribution in [0.4, 0.5) is 5.69 Å². The number of hydrogen-bond donors (Lipinski definition) is 0. The zero-order valence-electron chi connectivity index (χ0n) is 17.5. The van der Waals surface area contributed by atoms with Crippen LogP contribution >= 0.6 is 11.6 Å². The average molecular weight is 434 g/mol. The van der Waals surface area contributed by atoms with Crippen molar-refractivity contribution in [1.82, 2.24) is 0 Å². The Balaban J connectivity index is 1.42. The molecule has 3 aromatic carbocycles. The Kier molecular flexibility index (Phi) is 5.84. The molecular formula is C26H24ClNO3. The van der Waals surface area contributed by atoms with E-state index in [2.05, 4.69) is 26.0 Å². The minimum atomic E-state index is -0.497. The monoisotopic (exact) mass is 433 g/mol. The first-order valence-electron chi connectivity index (χ1n) is 10.3. The second-order valence-electron chi connectivity index (χ2n) is 8.32. The molecule has 3 aromatic rings. The van der Waals surface area contributed by atoms with E-state index in [1.807, 2.05) is 42.5 Å². The predicted molar refractivity (Wildman–Crippen MR) is 123 cm³/mol. The lowest BCUT2D eigenvalue weighted by Gasteiger charge is -2.26. The van der Waals surface area contributed by atoms with Gasteiger partial charge in [0.05, 0.1) is 5.92 Å². The van der Waals surface area contributed by atoms with Gasteiger partial charge < -0.3 is 9.64 Å². The van der Waals surface area contributed by atoms with Crippen LogP contribution in [0.25, 0.3) is 0 Å². The van der Waals surface area contributed by atoms with E-state index in [1.165, 1.54) is 5.56 Å². The number of hydrogen-bond acceptors (Lipinski definition) is 3. The molecule has 0 unspecified atom stereocenters. The van der Waals surface area contributed by atoms with Crippen LogP contribution < -0.4 is 9.64 Å². The maximum absolute atomic E-state index is 12.7. The third-order valence-electron chi connectivity index (χ3n) is 5.89. The maximum atomic E-state index is 12.7. The topological polar surface area (TPSA) is 46.6 Å². The molecule has 0 bridgehead atoms. The van der Waals surface area contributed by atoms with Crippen LogP contribution in [0.5, 0.6) is 5.75 Å². The summed E-state index contributed by atoms with van der Waals surface area (Å²) in [6.07, 6.45) is 0.139. The highest BCUT2D eigenvalue weighted by Gasteiger charge is 2.36. The van der Waals surface area contributed by atoms with Crippen LogP contribution in [0.3, 0.4) is 0 Å². The fourth-order valence-electron chi connectivity index (χ4n) is 3.90. The van der Waals surface area contributed by atoms with Crippen molar-refractivity contribution >= 4 is 29.2 Å². The van der Waals surface area contributed by atoms with Gasteiger partial charge in [-0.2, -0.15) is 0 Å². The Labute approximate surface area is 187 Å². The number of nitrogens with zero attached hydrogens (tertiary/aromatic N) is 1. The van der Waals surface area contributed by atoms with Gasteiger partial charge in [0, 0.05) is 29.1 Å². The first kappa shape index (κ1) is 21.1. The number of halogens is 1. The average Bonchev–Trinajstić information content (AvgIpc) is 3.17. The Morgan fingerprint density at radius 1 is 0.935 bits per heavy atom. The van der Waals surface area contributed by atoms with Gasteiger partial charge >= 0.3 is 5.97 Å². The molecule has 5 heteroatoms. The number of amides is 1. The molecule has 0 radical (unpaired) electrons. The molecule has 1 fully saturated rings. The number of carbonyl (C=O) groups is 2. The molecule has 1 aliphatic heterocycles. The van der Waals surface area contributed by atoms with Crippen molar-refractivity contribution in [3.8, 4) is 5.75 Å². The molecule has 1 amide bonds. The summed E-state index contributed by atoms with van der Waals surface area (Å²) in [5.41, 5.74) is 2.91. The van der Waals surface area contributed by atoms with E-state index in [9.17, 15) is 9.59 Å². The SMILES string of the molecule is CC(C)(c1ccccc1)c1ccc(OC(=O)[C@@H]2CC(=O)N(c3ccc(Cl)cc3)C2)cc1. The minimum Gasteiger partial charge on any atom is -0.426 e. The van der Waals surface area contributed by atoms with Crippen LogP contribution in [0.1, 0.15) is 31.4 Å². The van der Waals surface area contributed by atoms with Crippen molar-refractivity contribution in [1.29, 1.82) is 0 Å². The van der Waals surface area contributed by atoms with Gasteiger partial charge in [-0.05, 0) is 47.5 Å². The van der Waals surface area contributed by atoms with Crippen molar-refractivity contribution in [3.05, 3.63) is 95.0 Å². The van der Waals surface area contributed by atoms with Gasteiger partial charge in [-0.25, -0.2) is 0 Å². The third-order valence-corrected chi connectivity index (χ3v) is 6.14. The number of carbonyl (C=O) groups excluding carboxylic acids is 2. The molecule has 1 heterocycles. The zero-order valence-corrected chi connectivity index (χ0v) is 18.3. The lowest BCUT2D eigenvalue weighted by Crippen LogP contribution is -2.27. The number of anilines is 1. The molecule has 158 valence electrons. The van der Waals surface area contributed by atoms with E-state index in [-0.39, 0.29) is 23.7 Å². The quantitative estimate of drug-likeness (QED) is 0.387. The number of ether oxygens (including phenoxy) is 1. The highest BCUT2D eigenvalue weighted by Crippen LogP contribution is 2.33. The highest BCUT2D eigenvalue weighted by atomic mass is 35.5. The summed E-state index contributed by atoms with van der Waals surface area (Å²) in [5, 5.41) is 0.602. The fraction of sp³-hybridized carbons (Fsp3) is 0.231. The molecule has 1 saturated heterocycles. The van der Waals surface area contributed by atoms with Crippen molar-refractivity contribution < 1.29 is 14.3 Å². The van der Waals surface area contributed by atoms with Gasteiger partial charge in [0.1, 0.15) is 5.75 Å².